The Morgan fingerprint density at radius 2 is 2.23 bits per heavy atom. The lowest BCUT2D eigenvalue weighted by Crippen LogP contribution is -2.54. The second-order valence-corrected chi connectivity index (χ2v) is 8.62. The van der Waals surface area contributed by atoms with Gasteiger partial charge in [-0.15, -0.1) is 0 Å². The molecule has 2 bridgehead atoms. The van der Waals surface area contributed by atoms with Crippen LogP contribution in [-0.4, -0.2) is 69.8 Å². The molecular formula is C21H27N5O4. The first kappa shape index (κ1) is 19.4. The molecule has 0 aliphatic carbocycles. The Kier molecular flexibility index (Phi) is 5.16. The summed E-state index contributed by atoms with van der Waals surface area (Å²) in [6.45, 7) is 3.38. The van der Waals surface area contributed by atoms with Gasteiger partial charge in [-0.3, -0.25) is 19.1 Å². The van der Waals surface area contributed by atoms with Gasteiger partial charge in [0.15, 0.2) is 5.82 Å². The molecule has 3 aliphatic heterocycles. The fourth-order valence-corrected chi connectivity index (χ4v) is 5.60. The lowest BCUT2D eigenvalue weighted by molar-refractivity contribution is -0.140. The number of hydrogen-bond acceptors (Lipinski definition) is 7. The summed E-state index contributed by atoms with van der Waals surface area (Å²) in [6.07, 6.45) is 4.16. The number of carbonyl (C=O) groups is 1. The Hall–Kier alpha value is -2.52. The van der Waals surface area contributed by atoms with Crippen molar-refractivity contribution in [2.24, 2.45) is 5.92 Å². The van der Waals surface area contributed by atoms with E-state index < -0.39 is 6.04 Å². The maximum atomic E-state index is 13.8. The highest BCUT2D eigenvalue weighted by Gasteiger charge is 2.46. The predicted molar refractivity (Wildman–Crippen MR) is 107 cm³/mol. The first-order valence-electron chi connectivity index (χ1n) is 10.6. The molecule has 30 heavy (non-hydrogen) atoms. The maximum Gasteiger partial charge on any atom is 0.251 e. The van der Waals surface area contributed by atoms with Gasteiger partial charge < -0.3 is 14.2 Å². The Morgan fingerprint density at radius 1 is 1.33 bits per heavy atom. The van der Waals surface area contributed by atoms with Crippen LogP contribution in [0.5, 0.6) is 0 Å². The summed E-state index contributed by atoms with van der Waals surface area (Å²) in [5, 5.41) is 3.94. The number of rotatable bonds is 5. The minimum atomic E-state index is -0.476. The van der Waals surface area contributed by atoms with Crippen LogP contribution in [0, 0.1) is 5.92 Å². The van der Waals surface area contributed by atoms with Crippen molar-refractivity contribution in [3.8, 4) is 0 Å². The molecule has 160 valence electrons. The topological polar surface area (TPSA) is 93.7 Å². The summed E-state index contributed by atoms with van der Waals surface area (Å²) in [4.78, 5) is 35.0. The molecular weight excluding hydrogens is 386 g/mol. The first-order valence-corrected chi connectivity index (χ1v) is 10.6. The number of likely N-dealkylation sites (tertiary alicyclic amines) is 2. The summed E-state index contributed by atoms with van der Waals surface area (Å²) in [6, 6.07) is 4.98. The molecule has 0 radical (unpaired) electrons. The smallest absolute Gasteiger partial charge is 0.251 e. The summed E-state index contributed by atoms with van der Waals surface area (Å²) in [5.74, 6) is 0.971. The number of methoxy groups -OCH3 is 1. The van der Waals surface area contributed by atoms with Gasteiger partial charge in [0, 0.05) is 50.3 Å². The minimum absolute atomic E-state index is 0.0500. The number of ether oxygens (including phenoxy) is 1. The number of nitrogens with zero attached hydrogens (tertiary/aromatic N) is 5. The summed E-state index contributed by atoms with van der Waals surface area (Å²) in [7, 11) is 1.67. The molecule has 9 heteroatoms. The highest BCUT2D eigenvalue weighted by molar-refractivity contribution is 5.82. The van der Waals surface area contributed by atoms with Gasteiger partial charge in [-0.1, -0.05) is 11.2 Å². The molecule has 4 atom stereocenters. The Balaban J connectivity index is 1.49. The van der Waals surface area contributed by atoms with Crippen molar-refractivity contribution < 1.29 is 14.1 Å². The quantitative estimate of drug-likeness (QED) is 0.723. The number of piperidine rings is 1. The average Bonchev–Trinajstić information content (AvgIpc) is 3.41. The third kappa shape index (κ3) is 3.35. The molecule has 0 unspecified atom stereocenters. The van der Waals surface area contributed by atoms with Gasteiger partial charge in [0.1, 0.15) is 6.04 Å². The zero-order valence-electron chi connectivity index (χ0n) is 17.1. The molecule has 1 amide bonds. The van der Waals surface area contributed by atoms with Gasteiger partial charge in [0.2, 0.25) is 12.3 Å². The van der Waals surface area contributed by atoms with E-state index in [0.717, 1.165) is 44.6 Å². The molecule has 0 aromatic carbocycles. The molecule has 2 saturated heterocycles. The van der Waals surface area contributed by atoms with E-state index in [1.54, 1.807) is 23.8 Å². The largest absolute Gasteiger partial charge is 0.383 e. The Morgan fingerprint density at radius 3 is 3.03 bits per heavy atom. The van der Waals surface area contributed by atoms with Crippen LogP contribution in [0.3, 0.4) is 0 Å². The first-order chi connectivity index (χ1) is 14.7. The van der Waals surface area contributed by atoms with Crippen LogP contribution in [-0.2, 0) is 16.1 Å². The summed E-state index contributed by atoms with van der Waals surface area (Å²) >= 11 is 0. The normalized spacial score (nSPS) is 28.5. The molecule has 2 aromatic heterocycles. The van der Waals surface area contributed by atoms with Crippen LogP contribution in [0.25, 0.3) is 0 Å². The van der Waals surface area contributed by atoms with E-state index in [1.807, 2.05) is 11.0 Å². The van der Waals surface area contributed by atoms with Gasteiger partial charge in [0.05, 0.1) is 19.2 Å². The minimum Gasteiger partial charge on any atom is -0.383 e. The van der Waals surface area contributed by atoms with E-state index in [2.05, 4.69) is 15.0 Å². The molecule has 0 N–H and O–H groups in total. The summed E-state index contributed by atoms with van der Waals surface area (Å²) < 4.78 is 12.0. The zero-order valence-corrected chi connectivity index (χ0v) is 17.1. The SMILES string of the molecule is COC[C@@H]1CCCN1C(=O)[C@H]1[C@@H]2C[C@@H](CN(Cc3ncon3)C2)c2cccc(=O)n21. The second kappa shape index (κ2) is 7.96. The van der Waals surface area contributed by atoms with Crippen molar-refractivity contribution in [1.29, 1.82) is 0 Å². The second-order valence-electron chi connectivity index (χ2n) is 8.62. The van der Waals surface area contributed by atoms with Gasteiger partial charge in [-0.2, -0.15) is 4.98 Å². The van der Waals surface area contributed by atoms with Crippen molar-refractivity contribution in [2.75, 3.05) is 33.4 Å². The monoisotopic (exact) mass is 413 g/mol. The van der Waals surface area contributed by atoms with Crippen LogP contribution >= 0.6 is 0 Å². The number of pyridine rings is 1. The third-order valence-electron chi connectivity index (χ3n) is 6.77. The van der Waals surface area contributed by atoms with Crippen LogP contribution in [0.4, 0.5) is 0 Å². The van der Waals surface area contributed by atoms with Crippen molar-refractivity contribution in [3.05, 3.63) is 46.5 Å². The predicted octanol–water partition coefficient (Wildman–Crippen LogP) is 1.03. The highest BCUT2D eigenvalue weighted by Crippen LogP contribution is 2.42. The van der Waals surface area contributed by atoms with Crippen LogP contribution in [0.15, 0.2) is 33.9 Å². The van der Waals surface area contributed by atoms with Crippen LogP contribution < -0.4 is 5.56 Å². The van der Waals surface area contributed by atoms with Crippen LogP contribution in [0.1, 0.15) is 42.7 Å². The van der Waals surface area contributed by atoms with E-state index >= 15 is 0 Å². The van der Waals surface area contributed by atoms with E-state index in [-0.39, 0.29) is 29.3 Å². The van der Waals surface area contributed by atoms with Crippen LogP contribution in [0.2, 0.25) is 0 Å². The number of fused-ring (bicyclic) bond motifs is 4. The van der Waals surface area contributed by atoms with Gasteiger partial charge >= 0.3 is 0 Å². The highest BCUT2D eigenvalue weighted by atomic mass is 16.5. The number of carbonyl (C=O) groups excluding carboxylic acids is 1. The Labute approximate surface area is 174 Å². The molecule has 0 spiro atoms. The van der Waals surface area contributed by atoms with Crippen molar-refractivity contribution in [3.63, 3.8) is 0 Å². The van der Waals surface area contributed by atoms with Crippen molar-refractivity contribution >= 4 is 5.91 Å². The van der Waals surface area contributed by atoms with E-state index in [1.165, 1.54) is 6.39 Å². The fraction of sp³-hybridized carbons (Fsp3) is 0.619. The standard InChI is InChI=1S/C21H27N5O4/c1-29-12-16-4-3-7-25(16)21(28)20-15-8-14(17-5-2-6-19(27)26(17)20)9-24(10-15)11-18-22-13-30-23-18/h2,5-6,13-16,20H,3-4,7-12H2,1H3/t14-,15+,16-,20+/m0/s1. The van der Waals surface area contributed by atoms with Gasteiger partial charge in [-0.25, -0.2) is 0 Å². The van der Waals surface area contributed by atoms with E-state index in [4.69, 9.17) is 9.26 Å². The molecule has 5 heterocycles. The average molecular weight is 413 g/mol. The molecule has 9 nitrogen and oxygen atoms in total. The summed E-state index contributed by atoms with van der Waals surface area (Å²) in [5.41, 5.74) is 0.868. The molecule has 3 aliphatic rings. The zero-order chi connectivity index (χ0) is 20.7. The van der Waals surface area contributed by atoms with Gasteiger partial charge in [-0.05, 0) is 25.3 Å². The van der Waals surface area contributed by atoms with Gasteiger partial charge in [0.25, 0.3) is 5.56 Å². The van der Waals surface area contributed by atoms with E-state index in [9.17, 15) is 9.59 Å². The number of amides is 1. The maximum absolute atomic E-state index is 13.8. The lowest BCUT2D eigenvalue weighted by atomic mass is 9.78. The number of hydrogen-bond donors (Lipinski definition) is 0. The lowest BCUT2D eigenvalue weighted by Gasteiger charge is -2.47. The molecule has 2 fully saturated rings. The third-order valence-corrected chi connectivity index (χ3v) is 6.77. The number of aromatic nitrogens is 3. The Bertz CT molecular complexity index is 959. The molecule has 0 saturated carbocycles. The van der Waals surface area contributed by atoms with Crippen molar-refractivity contribution in [1.82, 2.24) is 24.5 Å². The molecule has 5 rings (SSSR count). The van der Waals surface area contributed by atoms with E-state index in [0.29, 0.717) is 19.0 Å². The molecule has 2 aromatic rings. The fourth-order valence-electron chi connectivity index (χ4n) is 5.60. The van der Waals surface area contributed by atoms with Crippen molar-refractivity contribution in [2.45, 2.75) is 43.8 Å².